The molecule has 0 atom stereocenters. The number of para-hydroxylation sites is 2. The van der Waals surface area contributed by atoms with E-state index in [-0.39, 0.29) is 0 Å². The molecule has 7 heteroatoms. The minimum Gasteiger partial charge on any atom is -0.291 e. The summed E-state index contributed by atoms with van der Waals surface area (Å²) in [6.45, 7) is 0. The first-order chi connectivity index (χ1) is 21.4. The van der Waals surface area contributed by atoms with Crippen molar-refractivity contribution < 1.29 is 0 Å². The second-order valence-corrected chi connectivity index (χ2v) is 10.4. The van der Waals surface area contributed by atoms with E-state index in [1.807, 2.05) is 18.3 Å². The molecular weight excluding hydrogens is 530 g/mol. The molecule has 0 aliphatic heterocycles. The number of hydrogen-bond acceptors (Lipinski definition) is 6. The highest BCUT2D eigenvalue weighted by atomic mass is 15.1. The summed E-state index contributed by atoms with van der Waals surface area (Å²) in [5.41, 5.74) is 10.5. The number of aromatic nitrogens is 7. The Morgan fingerprint density at radius 1 is 0.395 bits per heavy atom. The van der Waals surface area contributed by atoms with Crippen molar-refractivity contribution in [2.24, 2.45) is 0 Å². The van der Waals surface area contributed by atoms with Crippen LogP contribution in [0, 0.1) is 0 Å². The van der Waals surface area contributed by atoms with Crippen molar-refractivity contribution in [3.05, 3.63) is 128 Å². The Kier molecular flexibility index (Phi) is 5.06. The van der Waals surface area contributed by atoms with Crippen molar-refractivity contribution in [2.45, 2.75) is 0 Å². The van der Waals surface area contributed by atoms with Gasteiger partial charge in [0.2, 0.25) is 0 Å². The quantitative estimate of drug-likeness (QED) is 0.207. The van der Waals surface area contributed by atoms with Gasteiger partial charge in [0.1, 0.15) is 33.1 Å². The highest BCUT2D eigenvalue weighted by molar-refractivity contribution is 6.19. The van der Waals surface area contributed by atoms with E-state index < -0.39 is 0 Å². The Balaban J connectivity index is 1.47. The normalized spacial score (nSPS) is 11.7. The van der Waals surface area contributed by atoms with Crippen molar-refractivity contribution in [1.29, 1.82) is 0 Å². The van der Waals surface area contributed by atoms with Gasteiger partial charge in [0.05, 0.1) is 17.2 Å². The first kappa shape index (κ1) is 23.6. The maximum atomic E-state index is 5.30. The summed E-state index contributed by atoms with van der Waals surface area (Å²) in [7, 11) is 0. The minimum absolute atomic E-state index is 0.637. The lowest BCUT2D eigenvalue weighted by Gasteiger charge is -2.14. The molecule has 43 heavy (non-hydrogen) atoms. The van der Waals surface area contributed by atoms with Crippen molar-refractivity contribution in [2.75, 3.05) is 0 Å². The van der Waals surface area contributed by atoms with Gasteiger partial charge in [0.25, 0.3) is 0 Å². The van der Waals surface area contributed by atoms with Crippen molar-refractivity contribution in [1.82, 2.24) is 34.5 Å². The van der Waals surface area contributed by atoms with Gasteiger partial charge in [-0.05, 0) is 11.1 Å². The maximum absolute atomic E-state index is 5.30. The molecule has 9 rings (SSSR count). The van der Waals surface area contributed by atoms with Gasteiger partial charge in [-0.3, -0.25) is 24.5 Å². The molecule has 9 aromatic rings. The van der Waals surface area contributed by atoms with Gasteiger partial charge in [0.15, 0.2) is 5.82 Å². The molecule has 200 valence electrons. The molecule has 0 saturated heterocycles. The molecule has 4 aromatic heterocycles. The van der Waals surface area contributed by atoms with E-state index in [1.165, 1.54) is 0 Å². The average Bonchev–Trinajstić information content (AvgIpc) is 3.44. The zero-order chi connectivity index (χ0) is 28.3. The van der Waals surface area contributed by atoms with E-state index in [0.717, 1.165) is 44.1 Å². The zero-order valence-corrected chi connectivity index (χ0v) is 22.8. The third kappa shape index (κ3) is 3.48. The Morgan fingerprint density at radius 3 is 1.33 bits per heavy atom. The van der Waals surface area contributed by atoms with E-state index in [1.54, 1.807) is 24.8 Å². The standard InChI is InChI=1S/C36H21N7/c1-3-9-22(10-4-1)24-13-7-15-26-27-16-8-14-25(23-11-5-2-6-12-23)36(27)43(35(24)26)28-21-41-33-31-29(37-17-18-39-31)30-32(34(33)42-28)40-20-19-38-30/h1-21H. The molecule has 0 bridgehead atoms. The SMILES string of the molecule is c1ccc(-c2cccc3c4cccc(-c5ccccc5)c4n(-c4cnc5c6nccnc6c6nccnc6c5n4)c23)cc1. The second-order valence-electron chi connectivity index (χ2n) is 10.4. The largest absolute Gasteiger partial charge is 0.291 e. The molecule has 4 heterocycles. The Hall–Kier alpha value is -6.08. The summed E-state index contributed by atoms with van der Waals surface area (Å²) >= 11 is 0. The van der Waals surface area contributed by atoms with E-state index in [4.69, 9.17) is 15.0 Å². The highest BCUT2D eigenvalue weighted by Crippen LogP contribution is 2.42. The lowest BCUT2D eigenvalue weighted by atomic mass is 10.0. The highest BCUT2D eigenvalue weighted by Gasteiger charge is 2.22. The van der Waals surface area contributed by atoms with Crippen LogP contribution in [0.4, 0.5) is 0 Å². The topological polar surface area (TPSA) is 82.3 Å². The van der Waals surface area contributed by atoms with Crippen LogP contribution in [-0.2, 0) is 0 Å². The number of fused-ring (bicyclic) bond motifs is 9. The van der Waals surface area contributed by atoms with E-state index in [9.17, 15) is 0 Å². The van der Waals surface area contributed by atoms with Crippen LogP contribution in [0.25, 0.3) is 83.0 Å². The van der Waals surface area contributed by atoms with Crippen LogP contribution in [0.5, 0.6) is 0 Å². The van der Waals surface area contributed by atoms with Crippen molar-refractivity contribution >= 4 is 54.9 Å². The van der Waals surface area contributed by atoms with E-state index in [2.05, 4.69) is 104 Å². The van der Waals surface area contributed by atoms with Crippen LogP contribution in [0.1, 0.15) is 0 Å². The summed E-state index contributed by atoms with van der Waals surface area (Å²) < 4.78 is 2.25. The van der Waals surface area contributed by atoms with Crippen LogP contribution in [-0.4, -0.2) is 34.5 Å². The molecule has 0 aliphatic rings. The zero-order valence-electron chi connectivity index (χ0n) is 22.8. The lowest BCUT2D eigenvalue weighted by molar-refractivity contribution is 1.08. The monoisotopic (exact) mass is 551 g/mol. The maximum Gasteiger partial charge on any atom is 0.157 e. The molecule has 0 aliphatic carbocycles. The lowest BCUT2D eigenvalue weighted by Crippen LogP contribution is -2.03. The minimum atomic E-state index is 0.637. The summed E-state index contributed by atoms with van der Waals surface area (Å²) in [6.07, 6.45) is 8.52. The van der Waals surface area contributed by atoms with Crippen LogP contribution in [0.15, 0.2) is 128 Å². The summed E-state index contributed by atoms with van der Waals surface area (Å²) in [5.74, 6) is 0.689. The molecule has 0 amide bonds. The molecule has 0 N–H and O–H groups in total. The Labute approximate surface area is 245 Å². The predicted molar refractivity (Wildman–Crippen MR) is 171 cm³/mol. The van der Waals surface area contributed by atoms with Gasteiger partial charge >= 0.3 is 0 Å². The Morgan fingerprint density at radius 2 is 0.837 bits per heavy atom. The predicted octanol–water partition coefficient (Wildman–Crippen LogP) is 7.95. The van der Waals surface area contributed by atoms with Gasteiger partial charge in [-0.15, -0.1) is 0 Å². The van der Waals surface area contributed by atoms with Crippen LogP contribution in [0.3, 0.4) is 0 Å². The number of nitrogens with zero attached hydrogens (tertiary/aromatic N) is 7. The van der Waals surface area contributed by atoms with Gasteiger partial charge in [-0.1, -0.05) is 97.1 Å². The van der Waals surface area contributed by atoms with Gasteiger partial charge < -0.3 is 0 Å². The first-order valence-corrected chi connectivity index (χ1v) is 14.0. The molecule has 0 saturated carbocycles. The number of rotatable bonds is 3. The van der Waals surface area contributed by atoms with Crippen LogP contribution >= 0.6 is 0 Å². The molecular formula is C36H21N7. The summed E-state index contributed by atoms with van der Waals surface area (Å²) in [5, 5.41) is 2.29. The van der Waals surface area contributed by atoms with Gasteiger partial charge in [0, 0.05) is 46.7 Å². The second kappa shape index (κ2) is 9.22. The number of benzene rings is 5. The fourth-order valence-corrected chi connectivity index (χ4v) is 6.24. The summed E-state index contributed by atoms with van der Waals surface area (Å²) in [4.78, 5) is 28.8. The molecule has 0 fully saturated rings. The molecule has 5 aromatic carbocycles. The molecule has 0 unspecified atom stereocenters. The molecule has 0 spiro atoms. The van der Waals surface area contributed by atoms with Crippen LogP contribution in [0.2, 0.25) is 0 Å². The van der Waals surface area contributed by atoms with E-state index in [0.29, 0.717) is 38.9 Å². The smallest absolute Gasteiger partial charge is 0.157 e. The van der Waals surface area contributed by atoms with E-state index >= 15 is 0 Å². The summed E-state index contributed by atoms with van der Waals surface area (Å²) in [6, 6.07) is 33.9. The van der Waals surface area contributed by atoms with Gasteiger partial charge in [-0.25, -0.2) is 9.97 Å². The fourth-order valence-electron chi connectivity index (χ4n) is 6.24. The third-order valence-corrected chi connectivity index (χ3v) is 8.04. The average molecular weight is 552 g/mol. The third-order valence-electron chi connectivity index (χ3n) is 8.04. The van der Waals surface area contributed by atoms with Crippen molar-refractivity contribution in [3.8, 4) is 28.1 Å². The number of hydrogen-bond donors (Lipinski definition) is 0. The first-order valence-electron chi connectivity index (χ1n) is 14.0. The van der Waals surface area contributed by atoms with Crippen LogP contribution < -0.4 is 0 Å². The Bertz CT molecular complexity index is 2370. The molecule has 0 radical (unpaired) electrons. The van der Waals surface area contributed by atoms with Crippen molar-refractivity contribution in [3.63, 3.8) is 0 Å². The fraction of sp³-hybridized carbons (Fsp3) is 0. The van der Waals surface area contributed by atoms with Gasteiger partial charge in [-0.2, -0.15) is 0 Å². The molecule has 7 nitrogen and oxygen atoms in total.